The van der Waals surface area contributed by atoms with E-state index < -0.39 is 24.1 Å². The highest BCUT2D eigenvalue weighted by atomic mass is 19.4. The third-order valence-electron chi connectivity index (χ3n) is 4.35. The molecule has 0 bridgehead atoms. The number of halogens is 3. The predicted molar refractivity (Wildman–Crippen MR) is 99.6 cm³/mol. The molecule has 0 saturated heterocycles. The van der Waals surface area contributed by atoms with E-state index in [-0.39, 0.29) is 17.7 Å². The van der Waals surface area contributed by atoms with Gasteiger partial charge in [0.25, 0.3) is 11.5 Å². The lowest BCUT2D eigenvalue weighted by molar-refractivity contribution is -0.274. The van der Waals surface area contributed by atoms with Crippen molar-refractivity contribution in [3.05, 3.63) is 76.1 Å². The first kappa shape index (κ1) is 20.4. The number of pyridine rings is 1. The molecule has 3 rings (SSSR count). The summed E-state index contributed by atoms with van der Waals surface area (Å²) in [6, 6.07) is 12.8. The van der Waals surface area contributed by atoms with Crippen molar-refractivity contribution in [1.82, 2.24) is 9.88 Å². The third kappa shape index (κ3) is 4.75. The maximum Gasteiger partial charge on any atom is 0.573 e. The average Bonchev–Trinajstić information content (AvgIpc) is 2.68. The Morgan fingerprint density at radius 2 is 1.83 bits per heavy atom. The fraction of sp³-hybridized carbons (Fsp3) is 0.200. The molecular weight excluding hydrogens is 389 g/mol. The molecular formula is C20H17F3N2O4. The van der Waals surface area contributed by atoms with Gasteiger partial charge in [0.15, 0.2) is 0 Å². The number of para-hydroxylation sites is 1. The number of aryl methyl sites for hydroxylation is 1. The zero-order valence-corrected chi connectivity index (χ0v) is 15.2. The maximum absolute atomic E-state index is 12.6. The Balaban J connectivity index is 1.72. The van der Waals surface area contributed by atoms with E-state index in [1.54, 1.807) is 31.3 Å². The molecule has 0 spiro atoms. The lowest BCUT2D eigenvalue weighted by atomic mass is 10.1. The molecule has 0 radical (unpaired) electrons. The van der Waals surface area contributed by atoms with Gasteiger partial charge < -0.3 is 19.7 Å². The summed E-state index contributed by atoms with van der Waals surface area (Å²) in [4.78, 5) is 24.6. The Labute approximate surface area is 163 Å². The standard InChI is InChI=1S/C20H17F3N2O4/c1-25-16-5-3-2-4-14(16)15(10-18(25)27)19(28)24-11-17(26)12-6-8-13(9-7-12)29-20(21,22)23/h2-10,17,26H,11H2,1H3,(H,24,28). The first-order valence-electron chi connectivity index (χ1n) is 8.56. The fourth-order valence-corrected chi connectivity index (χ4v) is 2.89. The van der Waals surface area contributed by atoms with Crippen LogP contribution in [0.1, 0.15) is 22.0 Å². The van der Waals surface area contributed by atoms with Gasteiger partial charge in [-0.05, 0) is 23.8 Å². The molecule has 0 saturated carbocycles. The summed E-state index contributed by atoms with van der Waals surface area (Å²) in [6.07, 6.45) is -5.96. The Morgan fingerprint density at radius 3 is 2.48 bits per heavy atom. The molecule has 152 valence electrons. The predicted octanol–water partition coefficient (Wildman–Crippen LogP) is 2.90. The minimum Gasteiger partial charge on any atom is -0.406 e. The van der Waals surface area contributed by atoms with Gasteiger partial charge in [-0.1, -0.05) is 30.3 Å². The number of rotatable bonds is 5. The number of hydrogen-bond donors (Lipinski definition) is 2. The summed E-state index contributed by atoms with van der Waals surface area (Å²) >= 11 is 0. The fourth-order valence-electron chi connectivity index (χ4n) is 2.89. The number of nitrogens with zero attached hydrogens (tertiary/aromatic N) is 1. The van der Waals surface area contributed by atoms with Gasteiger partial charge in [-0.25, -0.2) is 0 Å². The monoisotopic (exact) mass is 406 g/mol. The lowest BCUT2D eigenvalue weighted by Crippen LogP contribution is -2.30. The molecule has 0 aliphatic rings. The van der Waals surface area contributed by atoms with E-state index in [2.05, 4.69) is 10.1 Å². The molecule has 1 amide bonds. The minimum absolute atomic E-state index is 0.171. The summed E-state index contributed by atoms with van der Waals surface area (Å²) in [5, 5.41) is 13.3. The molecule has 3 aromatic rings. The van der Waals surface area contributed by atoms with Gasteiger partial charge in [0, 0.05) is 25.0 Å². The highest BCUT2D eigenvalue weighted by molar-refractivity contribution is 6.06. The van der Waals surface area contributed by atoms with Crippen LogP contribution in [0.3, 0.4) is 0 Å². The summed E-state index contributed by atoms with van der Waals surface area (Å²) in [6.45, 7) is -0.193. The molecule has 0 aliphatic heterocycles. The van der Waals surface area contributed by atoms with Crippen LogP contribution in [0.4, 0.5) is 13.2 Å². The number of aliphatic hydroxyl groups is 1. The lowest BCUT2D eigenvalue weighted by Gasteiger charge is -2.15. The van der Waals surface area contributed by atoms with Gasteiger partial charge in [0.1, 0.15) is 5.75 Å². The van der Waals surface area contributed by atoms with Crippen molar-refractivity contribution in [3.63, 3.8) is 0 Å². The van der Waals surface area contributed by atoms with E-state index >= 15 is 0 Å². The number of hydrogen-bond acceptors (Lipinski definition) is 4. The van der Waals surface area contributed by atoms with E-state index in [4.69, 9.17) is 0 Å². The van der Waals surface area contributed by atoms with Crippen LogP contribution in [0, 0.1) is 0 Å². The van der Waals surface area contributed by atoms with Crippen molar-refractivity contribution in [1.29, 1.82) is 0 Å². The second-order valence-corrected chi connectivity index (χ2v) is 6.32. The van der Waals surface area contributed by atoms with Crippen LogP contribution >= 0.6 is 0 Å². The number of aliphatic hydroxyl groups excluding tert-OH is 1. The van der Waals surface area contributed by atoms with Crippen LogP contribution in [0.15, 0.2) is 59.4 Å². The maximum atomic E-state index is 12.6. The minimum atomic E-state index is -4.80. The smallest absolute Gasteiger partial charge is 0.406 e. The Hall–Kier alpha value is -3.33. The van der Waals surface area contributed by atoms with Crippen LogP contribution in [0.5, 0.6) is 5.75 Å². The van der Waals surface area contributed by atoms with Crippen molar-refractivity contribution < 1.29 is 27.8 Å². The molecule has 1 unspecified atom stereocenters. The molecule has 1 heterocycles. The molecule has 2 aromatic carbocycles. The number of alkyl halides is 3. The van der Waals surface area contributed by atoms with E-state index in [0.29, 0.717) is 16.5 Å². The molecule has 9 heteroatoms. The van der Waals surface area contributed by atoms with E-state index in [1.165, 1.54) is 22.8 Å². The Morgan fingerprint density at radius 1 is 1.17 bits per heavy atom. The van der Waals surface area contributed by atoms with Crippen molar-refractivity contribution >= 4 is 16.8 Å². The highest BCUT2D eigenvalue weighted by Crippen LogP contribution is 2.24. The van der Waals surface area contributed by atoms with Crippen molar-refractivity contribution in [2.45, 2.75) is 12.5 Å². The molecule has 1 aromatic heterocycles. The van der Waals surface area contributed by atoms with Crippen LogP contribution in [0.25, 0.3) is 10.9 Å². The summed E-state index contributed by atoms with van der Waals surface area (Å²) in [5.74, 6) is -0.959. The molecule has 2 N–H and O–H groups in total. The van der Waals surface area contributed by atoms with Crippen LogP contribution in [0.2, 0.25) is 0 Å². The average molecular weight is 406 g/mol. The van der Waals surface area contributed by atoms with Gasteiger partial charge in [0.2, 0.25) is 0 Å². The topological polar surface area (TPSA) is 80.6 Å². The molecule has 0 fully saturated rings. The Bertz CT molecular complexity index is 1090. The molecule has 0 aliphatic carbocycles. The number of carbonyl (C=O) groups excluding carboxylic acids is 1. The van der Waals surface area contributed by atoms with Crippen LogP contribution < -0.4 is 15.6 Å². The first-order chi connectivity index (χ1) is 13.7. The van der Waals surface area contributed by atoms with Gasteiger partial charge in [-0.2, -0.15) is 0 Å². The van der Waals surface area contributed by atoms with Crippen LogP contribution in [-0.4, -0.2) is 28.5 Å². The normalized spacial score (nSPS) is 12.6. The van der Waals surface area contributed by atoms with Crippen molar-refractivity contribution in [2.24, 2.45) is 7.05 Å². The number of aromatic nitrogens is 1. The summed E-state index contributed by atoms with van der Waals surface area (Å²) < 4.78 is 41.8. The SMILES string of the molecule is Cn1c(=O)cc(C(=O)NCC(O)c2ccc(OC(F)(F)F)cc2)c2ccccc21. The first-order valence-corrected chi connectivity index (χ1v) is 8.56. The number of carbonyl (C=O) groups is 1. The van der Waals surface area contributed by atoms with Gasteiger partial charge in [-0.15, -0.1) is 13.2 Å². The summed E-state index contributed by atoms with van der Waals surface area (Å²) in [5.41, 5.74) is 0.707. The van der Waals surface area contributed by atoms with Gasteiger partial charge in [0.05, 0.1) is 17.2 Å². The number of benzene rings is 2. The van der Waals surface area contributed by atoms with Crippen molar-refractivity contribution in [3.8, 4) is 5.75 Å². The van der Waals surface area contributed by atoms with E-state index in [0.717, 1.165) is 12.1 Å². The largest absolute Gasteiger partial charge is 0.573 e. The molecule has 29 heavy (non-hydrogen) atoms. The van der Waals surface area contributed by atoms with Crippen molar-refractivity contribution in [2.75, 3.05) is 6.54 Å². The van der Waals surface area contributed by atoms with E-state index in [9.17, 15) is 27.9 Å². The number of fused-ring (bicyclic) bond motifs is 1. The summed E-state index contributed by atoms with van der Waals surface area (Å²) in [7, 11) is 1.60. The number of amides is 1. The number of nitrogens with one attached hydrogen (secondary N) is 1. The zero-order valence-electron chi connectivity index (χ0n) is 15.2. The second-order valence-electron chi connectivity index (χ2n) is 6.32. The van der Waals surface area contributed by atoms with Gasteiger partial charge >= 0.3 is 6.36 Å². The quantitative estimate of drug-likeness (QED) is 0.683. The second kappa shape index (κ2) is 7.96. The third-order valence-corrected chi connectivity index (χ3v) is 4.35. The van der Waals surface area contributed by atoms with E-state index in [1.807, 2.05) is 0 Å². The zero-order chi connectivity index (χ0) is 21.2. The highest BCUT2D eigenvalue weighted by Gasteiger charge is 2.31. The Kier molecular flexibility index (Phi) is 5.60. The van der Waals surface area contributed by atoms with Gasteiger partial charge in [-0.3, -0.25) is 9.59 Å². The number of ether oxygens (including phenoxy) is 1. The molecule has 1 atom stereocenters. The molecule has 6 nitrogen and oxygen atoms in total. The van der Waals surface area contributed by atoms with Crippen LogP contribution in [-0.2, 0) is 7.05 Å².